The lowest BCUT2D eigenvalue weighted by Crippen LogP contribution is -2.08. The fourth-order valence-corrected chi connectivity index (χ4v) is 3.12. The maximum atomic E-state index is 11.5. The predicted molar refractivity (Wildman–Crippen MR) is 93.6 cm³/mol. The summed E-state index contributed by atoms with van der Waals surface area (Å²) in [5.74, 6) is 0. The summed E-state index contributed by atoms with van der Waals surface area (Å²) in [5, 5.41) is 14.2. The van der Waals surface area contributed by atoms with E-state index in [1.165, 1.54) is 12.1 Å². The van der Waals surface area contributed by atoms with Crippen molar-refractivity contribution in [3.8, 4) is 0 Å². The van der Waals surface area contributed by atoms with E-state index in [9.17, 15) is 18.5 Å². The number of pyridine rings is 1. The zero-order valence-electron chi connectivity index (χ0n) is 13.4. The van der Waals surface area contributed by atoms with Crippen molar-refractivity contribution in [1.82, 2.24) is 9.38 Å². The molecule has 3 aromatic rings. The van der Waals surface area contributed by atoms with Crippen LogP contribution in [0.3, 0.4) is 0 Å². The SMILES string of the molecule is CS(=O)(=O)c1ccc(NCCc2cn3ccccc3n2)c([N+](=O)[O-])c1. The highest BCUT2D eigenvalue weighted by atomic mass is 32.2. The molecule has 8 nitrogen and oxygen atoms in total. The lowest BCUT2D eigenvalue weighted by Gasteiger charge is -2.07. The summed E-state index contributed by atoms with van der Waals surface area (Å²) >= 11 is 0. The Labute approximate surface area is 144 Å². The van der Waals surface area contributed by atoms with Gasteiger partial charge in [0.25, 0.3) is 5.69 Å². The molecule has 0 radical (unpaired) electrons. The van der Waals surface area contributed by atoms with Crippen LogP contribution in [0, 0.1) is 10.1 Å². The van der Waals surface area contributed by atoms with E-state index in [1.807, 2.05) is 35.0 Å². The lowest BCUT2D eigenvalue weighted by atomic mass is 10.2. The molecule has 130 valence electrons. The van der Waals surface area contributed by atoms with Crippen molar-refractivity contribution in [2.75, 3.05) is 18.1 Å². The van der Waals surface area contributed by atoms with Gasteiger partial charge in [-0.15, -0.1) is 0 Å². The molecule has 1 aromatic carbocycles. The van der Waals surface area contributed by atoms with Gasteiger partial charge < -0.3 is 9.72 Å². The van der Waals surface area contributed by atoms with Gasteiger partial charge >= 0.3 is 0 Å². The Morgan fingerprint density at radius 3 is 2.76 bits per heavy atom. The number of fused-ring (bicyclic) bond motifs is 1. The third kappa shape index (κ3) is 3.77. The first-order valence-electron chi connectivity index (χ1n) is 7.49. The molecule has 0 spiro atoms. The Morgan fingerprint density at radius 2 is 2.08 bits per heavy atom. The second kappa shape index (κ2) is 6.52. The third-order valence-electron chi connectivity index (χ3n) is 3.70. The van der Waals surface area contributed by atoms with Gasteiger partial charge in [0.15, 0.2) is 9.84 Å². The fourth-order valence-electron chi connectivity index (χ4n) is 2.48. The predicted octanol–water partition coefficient (Wildman–Crippen LogP) is 2.30. The van der Waals surface area contributed by atoms with E-state index in [1.54, 1.807) is 0 Å². The molecule has 0 saturated heterocycles. The van der Waals surface area contributed by atoms with E-state index < -0.39 is 14.8 Å². The van der Waals surface area contributed by atoms with Crippen molar-refractivity contribution in [1.29, 1.82) is 0 Å². The first-order chi connectivity index (χ1) is 11.8. The van der Waals surface area contributed by atoms with Crippen molar-refractivity contribution in [2.24, 2.45) is 0 Å². The molecular weight excluding hydrogens is 344 g/mol. The molecule has 3 rings (SSSR count). The van der Waals surface area contributed by atoms with Crippen LogP contribution in [0.4, 0.5) is 11.4 Å². The van der Waals surface area contributed by atoms with Crippen LogP contribution in [0.5, 0.6) is 0 Å². The molecule has 0 saturated carbocycles. The van der Waals surface area contributed by atoms with Gasteiger partial charge in [-0.2, -0.15) is 0 Å². The molecule has 0 fully saturated rings. The molecule has 0 unspecified atom stereocenters. The molecule has 2 heterocycles. The highest BCUT2D eigenvalue weighted by molar-refractivity contribution is 7.90. The van der Waals surface area contributed by atoms with Crippen molar-refractivity contribution in [3.63, 3.8) is 0 Å². The molecule has 9 heteroatoms. The van der Waals surface area contributed by atoms with E-state index in [0.717, 1.165) is 23.7 Å². The second-order valence-corrected chi connectivity index (χ2v) is 7.60. The number of rotatable bonds is 6. The number of hydrogen-bond acceptors (Lipinski definition) is 6. The first kappa shape index (κ1) is 16.9. The van der Waals surface area contributed by atoms with Gasteiger partial charge in [-0.3, -0.25) is 10.1 Å². The van der Waals surface area contributed by atoms with E-state index in [4.69, 9.17) is 0 Å². The number of anilines is 1. The molecule has 25 heavy (non-hydrogen) atoms. The maximum Gasteiger partial charge on any atom is 0.293 e. The van der Waals surface area contributed by atoms with Gasteiger partial charge in [0, 0.05) is 37.7 Å². The average Bonchev–Trinajstić information content (AvgIpc) is 2.96. The van der Waals surface area contributed by atoms with Gasteiger partial charge in [-0.1, -0.05) is 6.07 Å². The molecule has 0 aliphatic carbocycles. The fraction of sp³-hybridized carbons (Fsp3) is 0.188. The number of hydrogen-bond donors (Lipinski definition) is 1. The van der Waals surface area contributed by atoms with Crippen LogP contribution in [0.25, 0.3) is 5.65 Å². The summed E-state index contributed by atoms with van der Waals surface area (Å²) in [7, 11) is -3.50. The summed E-state index contributed by atoms with van der Waals surface area (Å²) in [4.78, 5) is 15.0. The standard InChI is InChI=1S/C16H16N4O4S/c1-25(23,24)13-5-6-14(15(10-13)20(21)22)17-8-7-12-11-19-9-3-2-4-16(19)18-12/h2-6,9-11,17H,7-8H2,1H3. The molecule has 0 aliphatic heterocycles. The van der Waals surface area contributed by atoms with E-state index in [-0.39, 0.29) is 16.3 Å². The van der Waals surface area contributed by atoms with Crippen LogP contribution in [0.15, 0.2) is 53.7 Å². The van der Waals surface area contributed by atoms with Gasteiger partial charge in [0.2, 0.25) is 0 Å². The quantitative estimate of drug-likeness (QED) is 0.534. The number of nitrogens with zero attached hydrogens (tertiary/aromatic N) is 3. The van der Waals surface area contributed by atoms with Crippen LogP contribution >= 0.6 is 0 Å². The first-order valence-corrected chi connectivity index (χ1v) is 9.39. The van der Waals surface area contributed by atoms with Gasteiger partial charge in [-0.25, -0.2) is 13.4 Å². The minimum Gasteiger partial charge on any atom is -0.379 e. The molecule has 0 atom stereocenters. The summed E-state index contributed by atoms with van der Waals surface area (Å²) < 4.78 is 25.0. The highest BCUT2D eigenvalue weighted by Gasteiger charge is 2.18. The van der Waals surface area contributed by atoms with Crippen molar-refractivity contribution >= 4 is 26.9 Å². The normalized spacial score (nSPS) is 11.6. The van der Waals surface area contributed by atoms with Crippen LogP contribution in [-0.2, 0) is 16.3 Å². The molecule has 1 N–H and O–H groups in total. The molecule has 2 aromatic heterocycles. The number of nitro benzene ring substituents is 1. The van der Waals surface area contributed by atoms with Crippen LogP contribution in [0.1, 0.15) is 5.69 Å². The average molecular weight is 360 g/mol. The maximum absolute atomic E-state index is 11.5. The van der Waals surface area contributed by atoms with Crippen molar-refractivity contribution in [2.45, 2.75) is 11.3 Å². The Kier molecular flexibility index (Phi) is 4.41. The Balaban J connectivity index is 1.75. The number of nitro groups is 1. The van der Waals surface area contributed by atoms with E-state index in [2.05, 4.69) is 10.3 Å². The Bertz CT molecular complexity index is 1010. The Morgan fingerprint density at radius 1 is 1.28 bits per heavy atom. The summed E-state index contributed by atoms with van der Waals surface area (Å²) in [5.41, 5.74) is 1.70. The highest BCUT2D eigenvalue weighted by Crippen LogP contribution is 2.27. The number of imidazole rings is 1. The van der Waals surface area contributed by atoms with E-state index >= 15 is 0 Å². The minimum atomic E-state index is -3.50. The lowest BCUT2D eigenvalue weighted by molar-refractivity contribution is -0.384. The second-order valence-electron chi connectivity index (χ2n) is 5.58. The molecular formula is C16H16N4O4S. The third-order valence-corrected chi connectivity index (χ3v) is 4.81. The van der Waals surface area contributed by atoms with Gasteiger partial charge in [-0.05, 0) is 24.3 Å². The number of nitrogens with one attached hydrogen (secondary N) is 1. The topological polar surface area (TPSA) is 107 Å². The molecule has 0 bridgehead atoms. The van der Waals surface area contributed by atoms with Crippen LogP contribution < -0.4 is 5.32 Å². The summed E-state index contributed by atoms with van der Waals surface area (Å²) in [6.45, 7) is 0.433. The number of sulfone groups is 1. The van der Waals surface area contributed by atoms with Crippen LogP contribution in [-0.4, -0.2) is 35.5 Å². The summed E-state index contributed by atoms with van der Waals surface area (Å²) in [6, 6.07) is 9.54. The van der Waals surface area contributed by atoms with E-state index in [0.29, 0.717) is 13.0 Å². The largest absolute Gasteiger partial charge is 0.379 e. The number of benzene rings is 1. The zero-order chi connectivity index (χ0) is 18.0. The van der Waals surface area contributed by atoms with Crippen molar-refractivity contribution in [3.05, 3.63) is 64.6 Å². The number of aromatic nitrogens is 2. The van der Waals surface area contributed by atoms with Gasteiger partial charge in [0.05, 0.1) is 15.5 Å². The minimum absolute atomic E-state index is 0.0786. The van der Waals surface area contributed by atoms with Gasteiger partial charge in [0.1, 0.15) is 11.3 Å². The van der Waals surface area contributed by atoms with Crippen molar-refractivity contribution < 1.29 is 13.3 Å². The monoisotopic (exact) mass is 360 g/mol. The Hall–Kier alpha value is -2.94. The van der Waals surface area contributed by atoms with Crippen LogP contribution in [0.2, 0.25) is 0 Å². The summed E-state index contributed by atoms with van der Waals surface area (Å²) in [6.07, 6.45) is 5.39. The molecule has 0 amide bonds. The zero-order valence-corrected chi connectivity index (χ0v) is 14.2. The molecule has 0 aliphatic rings. The smallest absolute Gasteiger partial charge is 0.293 e.